The Morgan fingerprint density at radius 3 is 2.55 bits per heavy atom. The standard InChI is InChI=1S/C21H35N3O4.HI/c1-5-28-19-15-17(8-9-18(19)25-3)7-6-12-23-20(22-2)24-16-21(26-4)10-13-27-14-11-21;/h8-9,15H,5-7,10-14,16H2,1-4H3,(H2,22,23,24);1H. The van der Waals surface area contributed by atoms with Gasteiger partial charge in [0.25, 0.3) is 0 Å². The van der Waals surface area contributed by atoms with Crippen LogP contribution in [0.1, 0.15) is 31.7 Å². The van der Waals surface area contributed by atoms with Gasteiger partial charge in [0.1, 0.15) is 0 Å². The lowest BCUT2D eigenvalue weighted by Crippen LogP contribution is -2.50. The molecule has 1 fully saturated rings. The largest absolute Gasteiger partial charge is 0.493 e. The summed E-state index contributed by atoms with van der Waals surface area (Å²) in [6.45, 7) is 5.64. The van der Waals surface area contributed by atoms with E-state index in [1.54, 1.807) is 21.3 Å². The molecule has 2 rings (SSSR count). The third kappa shape index (κ3) is 8.18. The molecule has 0 radical (unpaired) electrons. The molecule has 7 nitrogen and oxygen atoms in total. The molecule has 1 aromatic carbocycles. The molecular weight excluding hydrogens is 485 g/mol. The number of aliphatic imine (C=N–C) groups is 1. The third-order valence-electron chi connectivity index (χ3n) is 5.10. The van der Waals surface area contributed by atoms with Crippen molar-refractivity contribution in [2.75, 3.05) is 54.2 Å². The van der Waals surface area contributed by atoms with Crippen molar-refractivity contribution in [3.8, 4) is 11.5 Å². The summed E-state index contributed by atoms with van der Waals surface area (Å²) < 4.78 is 22.2. The Bertz CT molecular complexity index is 622. The summed E-state index contributed by atoms with van der Waals surface area (Å²) in [7, 11) is 5.22. The third-order valence-corrected chi connectivity index (χ3v) is 5.10. The van der Waals surface area contributed by atoms with Crippen LogP contribution in [-0.4, -0.2) is 65.7 Å². The Kier molecular flexibility index (Phi) is 12.3. The molecule has 1 aromatic rings. The normalized spacial score (nSPS) is 15.9. The highest BCUT2D eigenvalue weighted by Crippen LogP contribution is 2.28. The lowest BCUT2D eigenvalue weighted by atomic mass is 9.94. The topological polar surface area (TPSA) is 73.3 Å². The molecule has 2 N–H and O–H groups in total. The summed E-state index contributed by atoms with van der Waals surface area (Å²) in [5.74, 6) is 2.37. The zero-order valence-corrected chi connectivity index (χ0v) is 20.4. The lowest BCUT2D eigenvalue weighted by Gasteiger charge is -2.36. The average molecular weight is 521 g/mol. The van der Waals surface area contributed by atoms with Crippen LogP contribution in [0.25, 0.3) is 0 Å². The highest BCUT2D eigenvalue weighted by atomic mass is 127. The zero-order chi connectivity index (χ0) is 20.2. The summed E-state index contributed by atoms with van der Waals surface area (Å²) in [5, 5.41) is 6.77. The first kappa shape index (κ1) is 25.8. The van der Waals surface area contributed by atoms with Crippen LogP contribution >= 0.6 is 24.0 Å². The van der Waals surface area contributed by atoms with Crippen molar-refractivity contribution in [2.45, 2.75) is 38.2 Å². The van der Waals surface area contributed by atoms with Crippen LogP contribution in [0, 0.1) is 0 Å². The van der Waals surface area contributed by atoms with Crippen LogP contribution in [-0.2, 0) is 15.9 Å². The Morgan fingerprint density at radius 2 is 1.93 bits per heavy atom. The summed E-state index contributed by atoms with van der Waals surface area (Å²) >= 11 is 0. The number of ether oxygens (including phenoxy) is 4. The van der Waals surface area contributed by atoms with E-state index in [-0.39, 0.29) is 29.6 Å². The molecule has 0 aromatic heterocycles. The Balaban J connectivity index is 0.00000420. The van der Waals surface area contributed by atoms with Crippen molar-refractivity contribution in [3.05, 3.63) is 23.8 Å². The molecule has 1 heterocycles. The maximum atomic E-state index is 5.76. The van der Waals surface area contributed by atoms with E-state index in [1.165, 1.54) is 5.56 Å². The van der Waals surface area contributed by atoms with Gasteiger partial charge in [-0.1, -0.05) is 6.07 Å². The minimum absolute atomic E-state index is 0. The summed E-state index contributed by atoms with van der Waals surface area (Å²) in [6.07, 6.45) is 3.73. The molecule has 0 bridgehead atoms. The van der Waals surface area contributed by atoms with Gasteiger partial charge in [0.05, 0.1) is 19.3 Å². The number of nitrogens with zero attached hydrogens (tertiary/aromatic N) is 1. The smallest absolute Gasteiger partial charge is 0.191 e. The minimum atomic E-state index is -0.172. The molecule has 0 atom stereocenters. The quantitative estimate of drug-likeness (QED) is 0.214. The van der Waals surface area contributed by atoms with Gasteiger partial charge in [-0.3, -0.25) is 4.99 Å². The fraction of sp³-hybridized carbons (Fsp3) is 0.667. The van der Waals surface area contributed by atoms with Crippen LogP contribution in [0.2, 0.25) is 0 Å². The van der Waals surface area contributed by atoms with Crippen LogP contribution in [0.5, 0.6) is 11.5 Å². The molecule has 0 amide bonds. The van der Waals surface area contributed by atoms with Crippen molar-refractivity contribution in [2.24, 2.45) is 4.99 Å². The summed E-state index contributed by atoms with van der Waals surface area (Å²) in [4.78, 5) is 4.31. The van der Waals surface area contributed by atoms with Crippen molar-refractivity contribution in [1.29, 1.82) is 0 Å². The average Bonchev–Trinajstić information content (AvgIpc) is 2.74. The van der Waals surface area contributed by atoms with Gasteiger partial charge in [0.15, 0.2) is 17.5 Å². The van der Waals surface area contributed by atoms with Crippen molar-refractivity contribution in [3.63, 3.8) is 0 Å². The Hall–Kier alpha value is -1.26. The number of methoxy groups -OCH3 is 2. The number of hydrogen-bond acceptors (Lipinski definition) is 5. The van der Waals surface area contributed by atoms with Gasteiger partial charge < -0.3 is 29.6 Å². The molecule has 166 valence electrons. The van der Waals surface area contributed by atoms with Gasteiger partial charge in [-0.15, -0.1) is 24.0 Å². The van der Waals surface area contributed by atoms with Crippen molar-refractivity contribution < 1.29 is 18.9 Å². The van der Waals surface area contributed by atoms with Gasteiger partial charge in [-0.05, 0) is 37.5 Å². The monoisotopic (exact) mass is 521 g/mol. The maximum Gasteiger partial charge on any atom is 0.191 e. The van der Waals surface area contributed by atoms with Crippen LogP contribution < -0.4 is 20.1 Å². The van der Waals surface area contributed by atoms with Crippen LogP contribution in [0.3, 0.4) is 0 Å². The fourth-order valence-electron chi connectivity index (χ4n) is 3.31. The molecule has 0 spiro atoms. The van der Waals surface area contributed by atoms with E-state index in [2.05, 4.69) is 27.8 Å². The van der Waals surface area contributed by atoms with Gasteiger partial charge in [-0.25, -0.2) is 0 Å². The second-order valence-corrected chi connectivity index (χ2v) is 6.87. The van der Waals surface area contributed by atoms with Crippen LogP contribution in [0.4, 0.5) is 0 Å². The van der Waals surface area contributed by atoms with E-state index < -0.39 is 0 Å². The number of aryl methyl sites for hydroxylation is 1. The number of guanidine groups is 1. The number of halogens is 1. The van der Waals surface area contributed by atoms with E-state index in [0.29, 0.717) is 6.61 Å². The number of benzene rings is 1. The second-order valence-electron chi connectivity index (χ2n) is 6.87. The zero-order valence-electron chi connectivity index (χ0n) is 18.1. The van der Waals surface area contributed by atoms with Gasteiger partial charge in [-0.2, -0.15) is 0 Å². The van der Waals surface area contributed by atoms with Gasteiger partial charge in [0, 0.05) is 53.3 Å². The Labute approximate surface area is 191 Å². The van der Waals surface area contributed by atoms with E-state index >= 15 is 0 Å². The molecule has 1 saturated heterocycles. The van der Waals surface area contributed by atoms with E-state index in [1.807, 2.05) is 13.0 Å². The minimum Gasteiger partial charge on any atom is -0.493 e. The first-order valence-corrected chi connectivity index (χ1v) is 10.0. The predicted molar refractivity (Wildman–Crippen MR) is 127 cm³/mol. The molecule has 1 aliphatic rings. The van der Waals surface area contributed by atoms with E-state index in [9.17, 15) is 0 Å². The molecular formula is C21H36IN3O4. The van der Waals surface area contributed by atoms with Crippen LogP contribution in [0.15, 0.2) is 23.2 Å². The number of rotatable bonds is 10. The number of nitrogens with one attached hydrogen (secondary N) is 2. The van der Waals surface area contributed by atoms with Crippen molar-refractivity contribution in [1.82, 2.24) is 10.6 Å². The second kappa shape index (κ2) is 13.9. The first-order chi connectivity index (χ1) is 13.7. The van der Waals surface area contributed by atoms with Gasteiger partial charge in [0.2, 0.25) is 0 Å². The first-order valence-electron chi connectivity index (χ1n) is 10.0. The number of hydrogen-bond donors (Lipinski definition) is 2. The summed E-state index contributed by atoms with van der Waals surface area (Å²) in [6, 6.07) is 6.11. The molecule has 1 aliphatic heterocycles. The highest BCUT2D eigenvalue weighted by Gasteiger charge is 2.32. The van der Waals surface area contributed by atoms with E-state index in [4.69, 9.17) is 18.9 Å². The molecule has 8 heteroatoms. The lowest BCUT2D eigenvalue weighted by molar-refractivity contribution is -0.0855. The molecule has 0 unspecified atom stereocenters. The molecule has 0 aliphatic carbocycles. The maximum absolute atomic E-state index is 5.76. The summed E-state index contributed by atoms with van der Waals surface area (Å²) in [5.41, 5.74) is 1.06. The molecule has 0 saturated carbocycles. The fourth-order valence-corrected chi connectivity index (χ4v) is 3.31. The SMILES string of the molecule is CCOc1cc(CCCNC(=NC)NCC2(OC)CCOCC2)ccc1OC.I. The van der Waals surface area contributed by atoms with E-state index in [0.717, 1.165) is 69.4 Å². The molecule has 29 heavy (non-hydrogen) atoms. The van der Waals surface area contributed by atoms with Gasteiger partial charge >= 0.3 is 0 Å². The van der Waals surface area contributed by atoms with Crippen molar-refractivity contribution >= 4 is 29.9 Å². The Morgan fingerprint density at radius 1 is 1.17 bits per heavy atom. The highest BCUT2D eigenvalue weighted by molar-refractivity contribution is 14.0. The predicted octanol–water partition coefficient (Wildman–Crippen LogP) is 3.01.